The van der Waals surface area contributed by atoms with Gasteiger partial charge in [-0.2, -0.15) is 25.9 Å². The van der Waals surface area contributed by atoms with Crippen molar-refractivity contribution in [2.45, 2.75) is 25.6 Å². The molecule has 1 heterocycles. The van der Waals surface area contributed by atoms with Gasteiger partial charge in [0, 0.05) is 26.7 Å². The van der Waals surface area contributed by atoms with Crippen molar-refractivity contribution < 1.29 is 40.1 Å². The number of carbonyl (C=O) groups excluding carboxylic acids is 2. The van der Waals surface area contributed by atoms with Crippen molar-refractivity contribution in [2.24, 2.45) is 7.05 Å². The van der Waals surface area contributed by atoms with E-state index >= 15 is 0 Å². The van der Waals surface area contributed by atoms with E-state index in [2.05, 4.69) is 10.8 Å². The Bertz CT molecular complexity index is 1480. The minimum Gasteiger partial charge on any atom is -0.444 e. The van der Waals surface area contributed by atoms with Crippen molar-refractivity contribution in [3.05, 3.63) is 74.0 Å². The molecule has 0 bridgehead atoms. The van der Waals surface area contributed by atoms with Crippen LogP contribution in [0.1, 0.15) is 29.9 Å². The molecule has 1 aromatic carbocycles. The lowest BCUT2D eigenvalue weighted by atomic mass is 10.1. The van der Waals surface area contributed by atoms with Crippen molar-refractivity contribution in [3.63, 3.8) is 0 Å². The molecule has 0 saturated heterocycles. The molecule has 2 rings (SSSR count). The fraction of sp³-hybridized carbons (Fsp3) is 0.333. The second kappa shape index (κ2) is 10.5. The first-order valence-electron chi connectivity index (χ1n) is 10.1. The third-order valence-corrected chi connectivity index (χ3v) is 6.43. The van der Waals surface area contributed by atoms with Gasteiger partial charge in [0.2, 0.25) is 5.60 Å². The first-order chi connectivity index (χ1) is 16.8. The molecule has 16 heteroatoms. The third kappa shape index (κ3) is 6.47. The molecule has 11 nitrogen and oxygen atoms in total. The second-order valence-corrected chi connectivity index (χ2v) is 10.1. The van der Waals surface area contributed by atoms with Crippen LogP contribution in [0.15, 0.2) is 46.5 Å². The lowest BCUT2D eigenvalue weighted by Crippen LogP contribution is -2.42. The minimum absolute atomic E-state index is 0.180. The van der Waals surface area contributed by atoms with Crippen molar-refractivity contribution in [3.8, 4) is 5.69 Å². The van der Waals surface area contributed by atoms with Gasteiger partial charge in [-0.15, -0.1) is 6.58 Å². The van der Waals surface area contributed by atoms with E-state index in [1.165, 1.54) is 6.08 Å². The normalized spacial score (nSPS) is 12.4. The Morgan fingerprint density at radius 3 is 2.32 bits per heavy atom. The number of rotatable bonds is 8. The number of hydrogen-bond acceptors (Lipinski definition) is 8. The molecule has 1 aromatic heterocycles. The van der Waals surface area contributed by atoms with Gasteiger partial charge in [0.1, 0.15) is 5.69 Å². The smallest absolute Gasteiger partial charge is 0.431 e. The second-order valence-electron chi connectivity index (χ2n) is 8.00. The van der Waals surface area contributed by atoms with Crippen LogP contribution in [0.25, 0.3) is 5.69 Å². The van der Waals surface area contributed by atoms with E-state index in [0.717, 1.165) is 46.1 Å². The summed E-state index contributed by atoms with van der Waals surface area (Å²) in [5.74, 6) is -2.75. The van der Waals surface area contributed by atoms with Crippen LogP contribution >= 0.6 is 11.6 Å². The number of alkyl halides is 3. The maximum absolute atomic E-state index is 13.1. The Kier molecular flexibility index (Phi) is 8.47. The summed E-state index contributed by atoms with van der Waals surface area (Å²) in [6, 6.07) is 3.25. The summed E-state index contributed by atoms with van der Waals surface area (Å²) in [5, 5.41) is -0.270. The van der Waals surface area contributed by atoms with Gasteiger partial charge in [-0.05, 0) is 32.0 Å². The van der Waals surface area contributed by atoms with Crippen molar-refractivity contribution in [1.82, 2.24) is 13.4 Å². The number of nitrogens with zero attached hydrogens (tertiary/aromatic N) is 3. The van der Waals surface area contributed by atoms with Gasteiger partial charge >= 0.3 is 34.1 Å². The highest BCUT2D eigenvalue weighted by Crippen LogP contribution is 2.27. The molecule has 0 N–H and O–H groups in total. The zero-order valence-corrected chi connectivity index (χ0v) is 21.4. The summed E-state index contributed by atoms with van der Waals surface area (Å²) in [6.07, 6.45) is -3.74. The molecule has 0 aliphatic carbocycles. The molecular formula is C21H21ClF3N3O8S. The molecule has 2 aromatic rings. The van der Waals surface area contributed by atoms with E-state index in [1.54, 1.807) is 0 Å². The van der Waals surface area contributed by atoms with E-state index in [1.807, 2.05) is 0 Å². The fourth-order valence-corrected chi connectivity index (χ4v) is 3.81. The Labute approximate surface area is 213 Å². The van der Waals surface area contributed by atoms with Crippen LogP contribution in [0.2, 0.25) is 5.02 Å². The number of ether oxygens (including phenoxy) is 1. The van der Waals surface area contributed by atoms with Crippen LogP contribution in [0.4, 0.5) is 13.2 Å². The van der Waals surface area contributed by atoms with Gasteiger partial charge in [-0.25, -0.2) is 19.0 Å². The molecule has 37 heavy (non-hydrogen) atoms. The van der Waals surface area contributed by atoms with Gasteiger partial charge < -0.3 is 8.92 Å². The molecular weight excluding hydrogens is 547 g/mol. The summed E-state index contributed by atoms with van der Waals surface area (Å²) < 4.78 is 74.3. The van der Waals surface area contributed by atoms with E-state index in [0.29, 0.717) is 8.87 Å². The van der Waals surface area contributed by atoms with E-state index in [-0.39, 0.29) is 27.9 Å². The number of aromatic nitrogens is 2. The number of carbonyl (C=O) groups is 2. The summed E-state index contributed by atoms with van der Waals surface area (Å²) >= 11 is 6.02. The predicted octanol–water partition coefficient (Wildman–Crippen LogP) is 2.05. The zero-order valence-electron chi connectivity index (χ0n) is 19.8. The third-order valence-electron chi connectivity index (χ3n) is 4.83. The quantitative estimate of drug-likeness (QED) is 0.349. The van der Waals surface area contributed by atoms with E-state index < -0.39 is 56.5 Å². The molecule has 0 aliphatic heterocycles. The van der Waals surface area contributed by atoms with Gasteiger partial charge in [-0.1, -0.05) is 17.7 Å². The van der Waals surface area contributed by atoms with Gasteiger partial charge in [-0.3, -0.25) is 9.36 Å². The first kappa shape index (κ1) is 29.8. The summed E-state index contributed by atoms with van der Waals surface area (Å²) in [5.41, 5.74) is -7.17. The number of benzene rings is 1. The van der Waals surface area contributed by atoms with Crippen molar-refractivity contribution in [2.75, 3.05) is 13.6 Å². The van der Waals surface area contributed by atoms with Crippen LogP contribution in [0, 0.1) is 0 Å². The molecule has 0 saturated carbocycles. The molecule has 0 fully saturated rings. The van der Waals surface area contributed by atoms with E-state index in [9.17, 15) is 40.8 Å². The Morgan fingerprint density at radius 1 is 1.19 bits per heavy atom. The molecule has 0 unspecified atom stereocenters. The van der Waals surface area contributed by atoms with Crippen LogP contribution < -0.4 is 11.2 Å². The predicted molar refractivity (Wildman–Crippen MR) is 125 cm³/mol. The zero-order chi connectivity index (χ0) is 28.5. The molecule has 0 atom stereocenters. The Balaban J connectivity index is 2.44. The first-order valence-corrected chi connectivity index (χ1v) is 11.8. The lowest BCUT2D eigenvalue weighted by molar-refractivity contribution is -0.152. The molecule has 202 valence electrons. The highest BCUT2D eigenvalue weighted by atomic mass is 35.5. The highest BCUT2D eigenvalue weighted by molar-refractivity contribution is 7.84. The summed E-state index contributed by atoms with van der Waals surface area (Å²) in [4.78, 5) is 50.1. The van der Waals surface area contributed by atoms with Crippen LogP contribution in [0.3, 0.4) is 0 Å². The minimum atomic E-state index is -4.98. The maximum Gasteiger partial charge on any atom is 0.431 e. The average molecular weight is 568 g/mol. The van der Waals surface area contributed by atoms with Crippen molar-refractivity contribution in [1.29, 1.82) is 0 Å². The lowest BCUT2D eigenvalue weighted by Gasteiger charge is -2.24. The largest absolute Gasteiger partial charge is 0.444 e. The van der Waals surface area contributed by atoms with Crippen LogP contribution in [0.5, 0.6) is 0 Å². The highest BCUT2D eigenvalue weighted by Gasteiger charge is 2.39. The Morgan fingerprint density at radius 2 is 1.78 bits per heavy atom. The van der Waals surface area contributed by atoms with Crippen LogP contribution in [-0.4, -0.2) is 53.0 Å². The standard InChI is InChI=1S/C21H21ClF3N3O8S/c1-6-9-26(4)37(33,34)36-18(31)20(2,3)35-17(30)13-10-12(7-8-14(13)22)28-16(29)11-15(21(23,24)25)27(5)19(28)32/h6-8,10-11H,1,9H2,2-5H3. The van der Waals surface area contributed by atoms with E-state index in [4.69, 9.17) is 16.3 Å². The fourth-order valence-electron chi connectivity index (χ4n) is 2.81. The molecule has 0 radical (unpaired) electrons. The van der Waals surface area contributed by atoms with Gasteiger partial charge in [0.05, 0.1) is 16.3 Å². The average Bonchev–Trinajstić information content (AvgIpc) is 2.76. The van der Waals surface area contributed by atoms with Crippen molar-refractivity contribution >= 4 is 33.8 Å². The number of hydrogen-bond donors (Lipinski definition) is 0. The number of likely N-dealkylation sites (N-methyl/N-ethyl adjacent to an activating group) is 1. The van der Waals surface area contributed by atoms with Crippen LogP contribution in [-0.2, 0) is 37.2 Å². The van der Waals surface area contributed by atoms with Gasteiger partial charge in [0.15, 0.2) is 0 Å². The molecule has 0 aliphatic rings. The topological polar surface area (TPSA) is 134 Å². The summed E-state index contributed by atoms with van der Waals surface area (Å²) in [7, 11) is -2.62. The monoisotopic (exact) mass is 567 g/mol. The molecule has 0 spiro atoms. The number of esters is 1. The number of halogens is 4. The maximum atomic E-state index is 13.1. The molecule has 0 amide bonds. The Hall–Kier alpha value is -3.43. The SMILES string of the molecule is C=CCN(C)S(=O)(=O)OC(=O)C(C)(C)OC(=O)c1cc(-n2c(=O)cc(C(F)(F)F)n(C)c2=O)ccc1Cl. The summed E-state index contributed by atoms with van der Waals surface area (Å²) in [6.45, 7) is 5.25. The van der Waals surface area contributed by atoms with Gasteiger partial charge in [0.25, 0.3) is 5.56 Å².